The second kappa shape index (κ2) is 6.82. The minimum absolute atomic E-state index is 0.0382. The largest absolute Gasteiger partial charge is 0.380 e. The minimum atomic E-state index is -3.02. The Morgan fingerprint density at radius 3 is 2.36 bits per heavy atom. The van der Waals surface area contributed by atoms with Crippen molar-refractivity contribution in [3.8, 4) is 6.07 Å². The highest BCUT2D eigenvalue weighted by molar-refractivity contribution is 7.89. The van der Waals surface area contributed by atoms with Crippen LogP contribution in [0.25, 0.3) is 0 Å². The van der Waals surface area contributed by atoms with Gasteiger partial charge in [-0.1, -0.05) is 35.9 Å². The van der Waals surface area contributed by atoms with Gasteiger partial charge in [-0.25, -0.2) is 8.42 Å². The zero-order chi connectivity index (χ0) is 16.2. The molecule has 2 rings (SSSR count). The van der Waals surface area contributed by atoms with Crippen molar-refractivity contribution in [2.45, 2.75) is 12.3 Å². The van der Waals surface area contributed by atoms with Crippen LogP contribution in [0.4, 0.5) is 5.69 Å². The van der Waals surface area contributed by atoms with E-state index in [1.54, 1.807) is 30.3 Å². The van der Waals surface area contributed by atoms with Crippen molar-refractivity contribution in [2.24, 2.45) is 0 Å². The summed E-state index contributed by atoms with van der Waals surface area (Å²) in [7, 11) is -3.02. The molecule has 22 heavy (non-hydrogen) atoms. The summed E-state index contributed by atoms with van der Waals surface area (Å²) in [5.41, 5.74) is 2.96. The molecule has 0 aliphatic carbocycles. The van der Waals surface area contributed by atoms with Crippen LogP contribution in [0.5, 0.6) is 0 Å². The van der Waals surface area contributed by atoms with Crippen molar-refractivity contribution < 1.29 is 8.42 Å². The summed E-state index contributed by atoms with van der Waals surface area (Å²) in [6.45, 7) is 0.537. The van der Waals surface area contributed by atoms with Gasteiger partial charge in [0.05, 0.1) is 17.0 Å². The van der Waals surface area contributed by atoms with Crippen LogP contribution in [0.15, 0.2) is 42.5 Å². The Hall–Kier alpha value is -2.03. The molecule has 0 saturated carbocycles. The lowest BCUT2D eigenvalue weighted by atomic mass is 10.1. The molecule has 0 aromatic heterocycles. The molecule has 114 valence electrons. The van der Waals surface area contributed by atoms with E-state index in [4.69, 9.17) is 16.9 Å². The lowest BCUT2D eigenvalue weighted by Gasteiger charge is -2.09. The van der Waals surface area contributed by atoms with Crippen LogP contribution in [0.3, 0.4) is 0 Å². The van der Waals surface area contributed by atoms with Gasteiger partial charge in [0.15, 0.2) is 9.84 Å². The number of halogens is 1. The maximum absolute atomic E-state index is 11.2. The van der Waals surface area contributed by atoms with Crippen molar-refractivity contribution in [3.05, 3.63) is 64.2 Å². The second-order valence-electron chi connectivity index (χ2n) is 5.04. The predicted octanol–water partition coefficient (Wildman–Crippen LogP) is 3.37. The van der Waals surface area contributed by atoms with Gasteiger partial charge in [-0.05, 0) is 29.3 Å². The van der Waals surface area contributed by atoms with E-state index in [0.29, 0.717) is 22.8 Å². The number of benzene rings is 2. The van der Waals surface area contributed by atoms with Gasteiger partial charge in [-0.3, -0.25) is 0 Å². The Balaban J connectivity index is 2.05. The van der Waals surface area contributed by atoms with Gasteiger partial charge in [-0.2, -0.15) is 5.26 Å². The average molecular weight is 335 g/mol. The molecule has 1 N–H and O–H groups in total. The molecule has 2 aromatic carbocycles. The first-order valence-electron chi connectivity index (χ1n) is 6.56. The van der Waals surface area contributed by atoms with E-state index in [2.05, 4.69) is 11.4 Å². The van der Waals surface area contributed by atoms with Crippen molar-refractivity contribution in [3.63, 3.8) is 0 Å². The summed E-state index contributed by atoms with van der Waals surface area (Å²) in [6.07, 6.45) is 1.21. The maximum Gasteiger partial charge on any atom is 0.151 e. The molecular formula is C16H15ClN2O2S. The first kappa shape index (κ1) is 16.3. The van der Waals surface area contributed by atoms with E-state index in [9.17, 15) is 8.42 Å². The molecule has 0 aliphatic heterocycles. The molecule has 2 aromatic rings. The molecule has 0 amide bonds. The Labute approximate surface area is 135 Å². The first-order valence-corrected chi connectivity index (χ1v) is 9.00. The third kappa shape index (κ3) is 4.76. The molecule has 0 bridgehead atoms. The third-order valence-corrected chi connectivity index (χ3v) is 4.13. The summed E-state index contributed by atoms with van der Waals surface area (Å²) < 4.78 is 22.5. The van der Waals surface area contributed by atoms with E-state index in [1.807, 2.05) is 12.1 Å². The van der Waals surface area contributed by atoms with Crippen LogP contribution in [-0.2, 0) is 22.1 Å². The Morgan fingerprint density at radius 1 is 1.14 bits per heavy atom. The van der Waals surface area contributed by atoms with Crippen LogP contribution < -0.4 is 5.32 Å². The highest BCUT2D eigenvalue weighted by Crippen LogP contribution is 2.20. The molecule has 0 spiro atoms. The molecule has 0 atom stereocenters. The van der Waals surface area contributed by atoms with Gasteiger partial charge in [0.25, 0.3) is 0 Å². The minimum Gasteiger partial charge on any atom is -0.380 e. The molecule has 0 saturated heterocycles. The number of hydrogen-bond donors (Lipinski definition) is 1. The van der Waals surface area contributed by atoms with Crippen molar-refractivity contribution in [1.82, 2.24) is 0 Å². The summed E-state index contributed by atoms with van der Waals surface area (Å²) in [4.78, 5) is 0. The molecule has 6 heteroatoms. The number of nitrogens with one attached hydrogen (secondary N) is 1. The van der Waals surface area contributed by atoms with E-state index in [0.717, 1.165) is 11.1 Å². The molecule has 0 unspecified atom stereocenters. The molecule has 0 radical (unpaired) electrons. The topological polar surface area (TPSA) is 70.0 Å². The lowest BCUT2D eigenvalue weighted by molar-refractivity contribution is 0.601. The van der Waals surface area contributed by atoms with Gasteiger partial charge in [0.1, 0.15) is 6.07 Å². The lowest BCUT2D eigenvalue weighted by Crippen LogP contribution is -2.03. The summed E-state index contributed by atoms with van der Waals surface area (Å²) in [5, 5.41) is 12.8. The first-order chi connectivity index (χ1) is 10.4. The number of nitrogens with zero attached hydrogens (tertiary/aromatic N) is 1. The summed E-state index contributed by atoms with van der Waals surface area (Å²) in [5.74, 6) is 0.0382. The van der Waals surface area contributed by atoms with Crippen molar-refractivity contribution in [1.29, 1.82) is 5.26 Å². The SMILES string of the molecule is CS(=O)(=O)Cc1ccc(CNc2ccc(Cl)cc2C#N)cc1. The van der Waals surface area contributed by atoms with Crippen LogP contribution in [0, 0.1) is 11.3 Å². The number of anilines is 1. The van der Waals surface area contributed by atoms with Crippen LogP contribution in [0.1, 0.15) is 16.7 Å². The standard InChI is InChI=1S/C16H15ClN2O2S/c1-22(20,21)11-13-4-2-12(3-5-13)10-19-16-7-6-15(17)8-14(16)9-18/h2-8,19H,10-11H2,1H3. The number of nitriles is 1. The van der Waals surface area contributed by atoms with Gasteiger partial charge in [0, 0.05) is 17.8 Å². The van der Waals surface area contributed by atoms with E-state index >= 15 is 0 Å². The summed E-state index contributed by atoms with van der Waals surface area (Å²) in [6, 6.07) is 14.5. The molecule has 4 nitrogen and oxygen atoms in total. The molecular weight excluding hydrogens is 320 g/mol. The number of hydrogen-bond acceptors (Lipinski definition) is 4. The van der Waals surface area contributed by atoms with Crippen LogP contribution in [0.2, 0.25) is 5.02 Å². The highest BCUT2D eigenvalue weighted by atomic mass is 35.5. The predicted molar refractivity (Wildman–Crippen MR) is 88.5 cm³/mol. The molecule has 0 fully saturated rings. The van der Waals surface area contributed by atoms with E-state index in [-0.39, 0.29) is 5.75 Å². The zero-order valence-corrected chi connectivity index (χ0v) is 13.6. The van der Waals surface area contributed by atoms with E-state index < -0.39 is 9.84 Å². The quantitative estimate of drug-likeness (QED) is 0.910. The van der Waals surface area contributed by atoms with Crippen molar-refractivity contribution >= 4 is 27.1 Å². The van der Waals surface area contributed by atoms with Crippen LogP contribution >= 0.6 is 11.6 Å². The fourth-order valence-electron chi connectivity index (χ4n) is 2.02. The van der Waals surface area contributed by atoms with Gasteiger partial charge in [0.2, 0.25) is 0 Å². The molecule has 0 aliphatic rings. The Bertz CT molecular complexity index is 809. The Kier molecular flexibility index (Phi) is 5.07. The monoisotopic (exact) mass is 334 g/mol. The van der Waals surface area contributed by atoms with Gasteiger partial charge < -0.3 is 5.32 Å². The normalized spacial score (nSPS) is 11.0. The van der Waals surface area contributed by atoms with Gasteiger partial charge >= 0.3 is 0 Å². The van der Waals surface area contributed by atoms with Gasteiger partial charge in [-0.15, -0.1) is 0 Å². The van der Waals surface area contributed by atoms with Crippen LogP contribution in [-0.4, -0.2) is 14.7 Å². The maximum atomic E-state index is 11.2. The number of sulfone groups is 1. The van der Waals surface area contributed by atoms with E-state index in [1.165, 1.54) is 6.26 Å². The average Bonchev–Trinajstić information content (AvgIpc) is 2.45. The number of rotatable bonds is 5. The third-order valence-electron chi connectivity index (χ3n) is 3.04. The summed E-state index contributed by atoms with van der Waals surface area (Å²) >= 11 is 5.85. The molecule has 0 heterocycles. The fraction of sp³-hybridized carbons (Fsp3) is 0.188. The fourth-order valence-corrected chi connectivity index (χ4v) is 2.99. The zero-order valence-electron chi connectivity index (χ0n) is 12.0. The second-order valence-corrected chi connectivity index (χ2v) is 7.62. The Morgan fingerprint density at radius 2 is 1.77 bits per heavy atom. The highest BCUT2D eigenvalue weighted by Gasteiger charge is 2.05. The smallest absolute Gasteiger partial charge is 0.151 e. The van der Waals surface area contributed by atoms with Crippen molar-refractivity contribution in [2.75, 3.05) is 11.6 Å².